The summed E-state index contributed by atoms with van der Waals surface area (Å²) in [5, 5.41) is 10.4. The number of nitrogens with two attached hydrogens (primary N) is 1. The van der Waals surface area contributed by atoms with E-state index in [1.807, 2.05) is 49.4 Å². The Labute approximate surface area is 107 Å². The van der Waals surface area contributed by atoms with E-state index in [4.69, 9.17) is 10.5 Å². The molecule has 3 heteroatoms. The Hall–Kier alpha value is -2.00. The molecule has 0 saturated heterocycles. The lowest BCUT2D eigenvalue weighted by Crippen LogP contribution is -2.03. The van der Waals surface area contributed by atoms with Crippen LogP contribution in [0.5, 0.6) is 5.75 Å². The van der Waals surface area contributed by atoms with Crippen LogP contribution >= 0.6 is 0 Å². The molecule has 1 atom stereocenters. The number of rotatable bonds is 3. The summed E-state index contributed by atoms with van der Waals surface area (Å²) in [6.45, 7) is 1.96. The molecule has 0 aliphatic rings. The maximum atomic E-state index is 10.4. The predicted octanol–water partition coefficient (Wildman–Crippen LogP) is 2.67. The van der Waals surface area contributed by atoms with Crippen molar-refractivity contribution in [1.82, 2.24) is 0 Å². The second kappa shape index (κ2) is 5.10. The van der Waals surface area contributed by atoms with Crippen LogP contribution in [0.3, 0.4) is 0 Å². The van der Waals surface area contributed by atoms with Gasteiger partial charge in [0.2, 0.25) is 0 Å². The second-order valence-corrected chi connectivity index (χ2v) is 4.29. The van der Waals surface area contributed by atoms with Crippen LogP contribution in [0.25, 0.3) is 0 Å². The number of hydrogen-bond acceptors (Lipinski definition) is 3. The number of benzene rings is 2. The second-order valence-electron chi connectivity index (χ2n) is 4.29. The summed E-state index contributed by atoms with van der Waals surface area (Å²) in [7, 11) is 1.62. The van der Waals surface area contributed by atoms with Crippen LogP contribution < -0.4 is 10.5 Å². The molecule has 3 N–H and O–H groups in total. The van der Waals surface area contributed by atoms with E-state index in [-0.39, 0.29) is 0 Å². The standard InChI is InChI=1S/C15H17NO2/c1-10-3-6-12(16)9-14(10)15(17)11-4-7-13(18-2)8-5-11/h3-9,15,17H,16H2,1-2H3. The van der Waals surface area contributed by atoms with Crippen LogP contribution in [-0.4, -0.2) is 12.2 Å². The number of nitrogen functional groups attached to an aromatic ring is 1. The summed E-state index contributed by atoms with van der Waals surface area (Å²) < 4.78 is 5.10. The molecule has 0 aliphatic heterocycles. The van der Waals surface area contributed by atoms with E-state index in [0.29, 0.717) is 5.69 Å². The van der Waals surface area contributed by atoms with Crippen molar-refractivity contribution in [3.8, 4) is 5.75 Å². The zero-order chi connectivity index (χ0) is 13.1. The molecular formula is C15H17NO2. The number of anilines is 1. The smallest absolute Gasteiger partial charge is 0.118 e. The van der Waals surface area contributed by atoms with Crippen LogP contribution in [0.15, 0.2) is 42.5 Å². The summed E-state index contributed by atoms with van der Waals surface area (Å²) in [6.07, 6.45) is -0.667. The molecule has 0 aromatic heterocycles. The number of ether oxygens (including phenoxy) is 1. The van der Waals surface area contributed by atoms with Gasteiger partial charge < -0.3 is 15.6 Å². The van der Waals surface area contributed by atoms with Gasteiger partial charge in [-0.25, -0.2) is 0 Å². The summed E-state index contributed by atoms with van der Waals surface area (Å²) in [5.41, 5.74) is 9.09. The molecule has 1 unspecified atom stereocenters. The molecule has 0 heterocycles. The zero-order valence-electron chi connectivity index (χ0n) is 10.6. The lowest BCUT2D eigenvalue weighted by Gasteiger charge is -2.15. The third-order valence-corrected chi connectivity index (χ3v) is 3.03. The lowest BCUT2D eigenvalue weighted by atomic mass is 9.97. The van der Waals surface area contributed by atoms with Crippen LogP contribution in [0.2, 0.25) is 0 Å². The normalized spacial score (nSPS) is 12.2. The number of hydrogen-bond donors (Lipinski definition) is 2. The Morgan fingerprint density at radius 1 is 1.11 bits per heavy atom. The van der Waals surface area contributed by atoms with Crippen LogP contribution in [0.4, 0.5) is 5.69 Å². The number of methoxy groups -OCH3 is 1. The van der Waals surface area contributed by atoms with E-state index in [0.717, 1.165) is 22.4 Å². The van der Waals surface area contributed by atoms with Gasteiger partial charge in [0.15, 0.2) is 0 Å². The van der Waals surface area contributed by atoms with Crippen molar-refractivity contribution in [3.63, 3.8) is 0 Å². The molecule has 18 heavy (non-hydrogen) atoms. The van der Waals surface area contributed by atoms with E-state index in [2.05, 4.69) is 0 Å². The maximum Gasteiger partial charge on any atom is 0.118 e. The van der Waals surface area contributed by atoms with E-state index >= 15 is 0 Å². The number of aliphatic hydroxyl groups is 1. The van der Waals surface area contributed by atoms with Crippen molar-refractivity contribution in [1.29, 1.82) is 0 Å². The minimum Gasteiger partial charge on any atom is -0.497 e. The minimum absolute atomic E-state index is 0.656. The highest BCUT2D eigenvalue weighted by atomic mass is 16.5. The summed E-state index contributed by atoms with van der Waals surface area (Å²) in [4.78, 5) is 0. The fraction of sp³-hybridized carbons (Fsp3) is 0.200. The van der Waals surface area contributed by atoms with Crippen LogP contribution in [0.1, 0.15) is 22.8 Å². The number of aryl methyl sites for hydroxylation is 1. The number of aliphatic hydroxyl groups excluding tert-OH is 1. The molecule has 2 rings (SSSR count). The van der Waals surface area contributed by atoms with Gasteiger partial charge in [-0.05, 0) is 47.9 Å². The van der Waals surface area contributed by atoms with Gasteiger partial charge in [-0.2, -0.15) is 0 Å². The maximum absolute atomic E-state index is 10.4. The molecule has 94 valence electrons. The first-order valence-corrected chi connectivity index (χ1v) is 5.80. The van der Waals surface area contributed by atoms with Crippen molar-refractivity contribution < 1.29 is 9.84 Å². The van der Waals surface area contributed by atoms with Gasteiger partial charge in [0.25, 0.3) is 0 Å². The topological polar surface area (TPSA) is 55.5 Å². The quantitative estimate of drug-likeness (QED) is 0.815. The highest BCUT2D eigenvalue weighted by Crippen LogP contribution is 2.27. The van der Waals surface area contributed by atoms with E-state index in [1.165, 1.54) is 0 Å². The first kappa shape index (κ1) is 12.5. The third-order valence-electron chi connectivity index (χ3n) is 3.03. The van der Waals surface area contributed by atoms with Gasteiger partial charge in [-0.3, -0.25) is 0 Å². The van der Waals surface area contributed by atoms with Gasteiger partial charge in [-0.1, -0.05) is 18.2 Å². The highest BCUT2D eigenvalue weighted by molar-refractivity contribution is 5.47. The zero-order valence-corrected chi connectivity index (χ0v) is 10.6. The Kier molecular flexibility index (Phi) is 3.53. The van der Waals surface area contributed by atoms with E-state index in [1.54, 1.807) is 7.11 Å². The average molecular weight is 243 g/mol. The summed E-state index contributed by atoms with van der Waals surface area (Å²) >= 11 is 0. The average Bonchev–Trinajstić information content (AvgIpc) is 2.41. The van der Waals surface area contributed by atoms with Crippen molar-refractivity contribution in [2.24, 2.45) is 0 Å². The van der Waals surface area contributed by atoms with Crippen molar-refractivity contribution in [3.05, 3.63) is 59.2 Å². The fourth-order valence-electron chi connectivity index (χ4n) is 1.92. The lowest BCUT2D eigenvalue weighted by molar-refractivity contribution is 0.219. The van der Waals surface area contributed by atoms with Gasteiger partial charge in [0.1, 0.15) is 11.9 Å². The molecule has 0 radical (unpaired) electrons. The summed E-state index contributed by atoms with van der Waals surface area (Å²) in [5.74, 6) is 0.773. The monoisotopic (exact) mass is 243 g/mol. The van der Waals surface area contributed by atoms with Crippen molar-refractivity contribution >= 4 is 5.69 Å². The highest BCUT2D eigenvalue weighted by Gasteiger charge is 2.13. The Morgan fingerprint density at radius 3 is 2.39 bits per heavy atom. The molecule has 0 amide bonds. The molecule has 0 spiro atoms. The first-order chi connectivity index (χ1) is 8.61. The molecular weight excluding hydrogens is 226 g/mol. The van der Waals surface area contributed by atoms with Crippen LogP contribution in [-0.2, 0) is 0 Å². The first-order valence-electron chi connectivity index (χ1n) is 5.80. The van der Waals surface area contributed by atoms with Gasteiger partial charge in [-0.15, -0.1) is 0 Å². The fourth-order valence-corrected chi connectivity index (χ4v) is 1.92. The van der Waals surface area contributed by atoms with Crippen molar-refractivity contribution in [2.75, 3.05) is 12.8 Å². The van der Waals surface area contributed by atoms with Crippen LogP contribution in [0, 0.1) is 6.92 Å². The Bertz CT molecular complexity index is 535. The van der Waals surface area contributed by atoms with Gasteiger partial charge in [0, 0.05) is 5.69 Å². The van der Waals surface area contributed by atoms with Gasteiger partial charge >= 0.3 is 0 Å². The summed E-state index contributed by atoms with van der Waals surface area (Å²) in [6, 6.07) is 12.9. The molecule has 2 aromatic carbocycles. The van der Waals surface area contributed by atoms with Crippen molar-refractivity contribution in [2.45, 2.75) is 13.0 Å². The molecule has 0 aliphatic carbocycles. The van der Waals surface area contributed by atoms with Gasteiger partial charge in [0.05, 0.1) is 7.11 Å². The Morgan fingerprint density at radius 2 is 1.78 bits per heavy atom. The SMILES string of the molecule is COc1ccc(C(O)c2cc(N)ccc2C)cc1. The van der Waals surface area contributed by atoms with E-state index < -0.39 is 6.10 Å². The molecule has 3 nitrogen and oxygen atoms in total. The molecule has 0 fully saturated rings. The molecule has 0 bridgehead atoms. The predicted molar refractivity (Wildman–Crippen MR) is 72.6 cm³/mol. The minimum atomic E-state index is -0.667. The third kappa shape index (κ3) is 2.46. The van der Waals surface area contributed by atoms with E-state index in [9.17, 15) is 5.11 Å². The Balaban J connectivity index is 2.34. The molecule has 2 aromatic rings. The largest absolute Gasteiger partial charge is 0.497 e. The molecule has 0 saturated carbocycles.